The molecule has 1 nitrogen and oxygen atoms in total. The molecule has 11 heavy (non-hydrogen) atoms. The Hall–Kier alpha value is 0.554. The van der Waals surface area contributed by atoms with Gasteiger partial charge in [-0.2, -0.15) is 17.2 Å². The monoisotopic (exact) mass is 242 g/mol. The molecule has 0 amide bonds. The maximum Gasteiger partial charge on any atom is 3.00 e. The minimum absolute atomic E-state index is 0. The van der Waals surface area contributed by atoms with E-state index < -0.39 is 0 Å². The van der Waals surface area contributed by atoms with E-state index >= 15 is 0 Å². The fourth-order valence-corrected chi connectivity index (χ4v) is 1.06. The zero-order valence-corrected chi connectivity index (χ0v) is 10.7. The molecule has 0 heterocycles. The zero-order valence-electron chi connectivity index (χ0n) is 6.72. The molecular formula is C8H10OPY+2. The van der Waals surface area contributed by atoms with Gasteiger partial charge in [-0.3, -0.25) is 0 Å². The molecule has 1 unspecified atom stereocenters. The van der Waals surface area contributed by atoms with E-state index in [1.165, 1.54) is 0 Å². The van der Waals surface area contributed by atoms with Crippen molar-refractivity contribution in [3.8, 4) is 5.75 Å². The average Bonchev–Trinajstić information content (AvgIpc) is 1.85. The number of hydrogen-bond acceptors (Lipinski definition) is 1. The van der Waals surface area contributed by atoms with Gasteiger partial charge < -0.3 is 4.52 Å². The molecule has 1 aromatic carbocycles. The van der Waals surface area contributed by atoms with Crippen molar-refractivity contribution in [3.05, 3.63) is 29.3 Å². The van der Waals surface area contributed by atoms with Crippen LogP contribution in [0.15, 0.2) is 12.1 Å². The van der Waals surface area contributed by atoms with Crippen LogP contribution >= 0.6 is 9.47 Å². The maximum atomic E-state index is 4.97. The van der Waals surface area contributed by atoms with Crippen molar-refractivity contribution < 1.29 is 37.2 Å². The van der Waals surface area contributed by atoms with E-state index in [2.05, 4.69) is 15.5 Å². The second kappa shape index (κ2) is 5.24. The summed E-state index contributed by atoms with van der Waals surface area (Å²) >= 11 is 0. The summed E-state index contributed by atoms with van der Waals surface area (Å²) in [7, 11) is 2.22. The molecule has 3 heteroatoms. The standard InChI is InChI=1S/C8H10OP.Y/c1-6-3-7(2)5-8(4-6)9-10;/h4-5H,10H2,1-2H3;/q-1;+3. The van der Waals surface area contributed by atoms with E-state index in [-0.39, 0.29) is 32.7 Å². The SMILES string of the molecule is Cc1[c-]c(C)cc(OP)c1.[Y+3]. The van der Waals surface area contributed by atoms with Crippen LogP contribution in [0, 0.1) is 19.9 Å². The normalized spacial score (nSPS) is 8.64. The van der Waals surface area contributed by atoms with Gasteiger partial charge in [0.25, 0.3) is 0 Å². The van der Waals surface area contributed by atoms with Crippen LogP contribution in [0.1, 0.15) is 11.1 Å². The van der Waals surface area contributed by atoms with Crippen molar-refractivity contribution in [1.29, 1.82) is 0 Å². The summed E-state index contributed by atoms with van der Waals surface area (Å²) in [5.74, 6) is 0.874. The van der Waals surface area contributed by atoms with Crippen molar-refractivity contribution in [3.63, 3.8) is 0 Å². The van der Waals surface area contributed by atoms with Crippen LogP contribution < -0.4 is 4.52 Å². The number of benzene rings is 1. The van der Waals surface area contributed by atoms with E-state index in [4.69, 9.17) is 4.52 Å². The van der Waals surface area contributed by atoms with Gasteiger partial charge in [0.1, 0.15) is 0 Å². The van der Waals surface area contributed by atoms with Gasteiger partial charge in [0.2, 0.25) is 0 Å². The first-order chi connectivity index (χ1) is 4.72. The van der Waals surface area contributed by atoms with Crippen LogP contribution in [-0.4, -0.2) is 0 Å². The van der Waals surface area contributed by atoms with Crippen molar-refractivity contribution in [2.24, 2.45) is 0 Å². The Bertz CT molecular complexity index is 217. The van der Waals surface area contributed by atoms with E-state index in [0.717, 1.165) is 16.9 Å². The number of aryl methyl sites for hydroxylation is 2. The van der Waals surface area contributed by atoms with E-state index in [1.54, 1.807) is 0 Å². The molecule has 0 bridgehead atoms. The fraction of sp³-hybridized carbons (Fsp3) is 0.250. The average molecular weight is 242 g/mol. The third-order valence-electron chi connectivity index (χ3n) is 1.25. The fourth-order valence-electron chi connectivity index (χ4n) is 0.920. The van der Waals surface area contributed by atoms with Crippen LogP contribution in [0.4, 0.5) is 0 Å². The largest absolute Gasteiger partial charge is 3.00 e. The van der Waals surface area contributed by atoms with Crippen LogP contribution in [0.5, 0.6) is 5.75 Å². The summed E-state index contributed by atoms with van der Waals surface area (Å²) in [6.07, 6.45) is 0. The van der Waals surface area contributed by atoms with Gasteiger partial charge in [-0.1, -0.05) is 13.8 Å². The third-order valence-corrected chi connectivity index (χ3v) is 1.52. The van der Waals surface area contributed by atoms with Crippen molar-refractivity contribution in [2.45, 2.75) is 13.8 Å². The second-order valence-electron chi connectivity index (χ2n) is 2.30. The Morgan fingerprint density at radius 3 is 2.09 bits per heavy atom. The molecule has 1 rings (SSSR count). The van der Waals surface area contributed by atoms with E-state index in [9.17, 15) is 0 Å². The Morgan fingerprint density at radius 1 is 1.27 bits per heavy atom. The number of hydrogen-bond donors (Lipinski definition) is 0. The summed E-state index contributed by atoms with van der Waals surface area (Å²) in [5, 5.41) is 0. The molecule has 0 saturated carbocycles. The second-order valence-corrected chi connectivity index (χ2v) is 2.54. The molecular weight excluding hydrogens is 232 g/mol. The maximum absolute atomic E-state index is 4.97. The van der Waals surface area contributed by atoms with Gasteiger partial charge in [0, 0.05) is 5.75 Å². The van der Waals surface area contributed by atoms with E-state index in [1.807, 2.05) is 26.0 Å². The summed E-state index contributed by atoms with van der Waals surface area (Å²) in [4.78, 5) is 0. The molecule has 0 aliphatic rings. The topological polar surface area (TPSA) is 9.23 Å². The minimum Gasteiger partial charge on any atom is -0.506 e. The summed E-state index contributed by atoms with van der Waals surface area (Å²) in [5.41, 5.74) is 2.22. The molecule has 1 aromatic rings. The summed E-state index contributed by atoms with van der Waals surface area (Å²) in [6, 6.07) is 7.04. The Labute approximate surface area is 95.1 Å². The van der Waals surface area contributed by atoms with Crippen molar-refractivity contribution >= 4 is 9.47 Å². The van der Waals surface area contributed by atoms with Crippen molar-refractivity contribution in [2.75, 3.05) is 0 Å². The molecule has 0 aliphatic heterocycles. The van der Waals surface area contributed by atoms with Gasteiger partial charge in [0.05, 0.1) is 9.47 Å². The predicted molar refractivity (Wildman–Crippen MR) is 45.1 cm³/mol. The van der Waals surface area contributed by atoms with Crippen molar-refractivity contribution in [1.82, 2.24) is 0 Å². The summed E-state index contributed by atoms with van der Waals surface area (Å²) < 4.78 is 4.97. The van der Waals surface area contributed by atoms with Gasteiger partial charge in [-0.05, 0) is 0 Å². The first kappa shape index (κ1) is 11.6. The number of rotatable bonds is 1. The van der Waals surface area contributed by atoms with Gasteiger partial charge in [-0.15, -0.1) is 12.1 Å². The van der Waals surface area contributed by atoms with Gasteiger partial charge in [0.15, 0.2) is 0 Å². The molecule has 0 radical (unpaired) electrons. The smallest absolute Gasteiger partial charge is 0.506 e. The van der Waals surface area contributed by atoms with Crippen LogP contribution in [0.25, 0.3) is 0 Å². The predicted octanol–water partition coefficient (Wildman–Crippen LogP) is 2.27. The summed E-state index contributed by atoms with van der Waals surface area (Å²) in [6.45, 7) is 4.00. The Kier molecular flexibility index (Phi) is 5.51. The molecule has 0 aliphatic carbocycles. The molecule has 0 saturated heterocycles. The van der Waals surface area contributed by atoms with Crippen LogP contribution in [-0.2, 0) is 32.7 Å². The van der Waals surface area contributed by atoms with Gasteiger partial charge >= 0.3 is 32.7 Å². The Balaban J connectivity index is 0.000001000. The van der Waals surface area contributed by atoms with Crippen LogP contribution in [0.2, 0.25) is 0 Å². The minimum atomic E-state index is 0. The molecule has 0 aromatic heterocycles. The van der Waals surface area contributed by atoms with Gasteiger partial charge in [-0.25, -0.2) is 0 Å². The molecule has 0 N–H and O–H groups in total. The first-order valence-corrected chi connectivity index (χ1v) is 3.57. The quantitative estimate of drug-likeness (QED) is 0.542. The first-order valence-electron chi connectivity index (χ1n) is 3.09. The van der Waals surface area contributed by atoms with E-state index in [0.29, 0.717) is 0 Å². The molecule has 1 atom stereocenters. The molecule has 54 valence electrons. The van der Waals surface area contributed by atoms with Crippen LogP contribution in [0.3, 0.4) is 0 Å². The zero-order chi connectivity index (χ0) is 7.56. The molecule has 0 spiro atoms. The Morgan fingerprint density at radius 2 is 1.73 bits per heavy atom. The third kappa shape index (κ3) is 3.65. The molecule has 0 fully saturated rings.